The molecule has 1 aliphatic heterocycles. The lowest BCUT2D eigenvalue weighted by atomic mass is 10.0. The van der Waals surface area contributed by atoms with Crippen LogP contribution in [0.3, 0.4) is 0 Å². The van der Waals surface area contributed by atoms with Crippen LogP contribution in [-0.2, 0) is 0 Å². The summed E-state index contributed by atoms with van der Waals surface area (Å²) in [6, 6.07) is 9.77. The molecule has 0 fully saturated rings. The van der Waals surface area contributed by atoms with E-state index in [0.29, 0.717) is 18.1 Å². The van der Waals surface area contributed by atoms with E-state index < -0.39 is 6.17 Å². The first kappa shape index (κ1) is 10.2. The smallest absolute Gasteiger partial charge is 0.173 e. The molecule has 0 aliphatic carbocycles. The molecule has 1 aromatic heterocycles. The van der Waals surface area contributed by atoms with Crippen molar-refractivity contribution in [3.05, 3.63) is 54.1 Å². The molecule has 0 N–H and O–H groups in total. The number of benzene rings is 1. The highest BCUT2D eigenvalue weighted by Crippen LogP contribution is 2.39. The SMILES string of the molecule is C=Cc1nc2n(n1)[C@H](c1ccccc1)C[C@@H]2F. The zero-order valence-electron chi connectivity index (χ0n) is 9.25. The summed E-state index contributed by atoms with van der Waals surface area (Å²) in [5.74, 6) is 0.900. The van der Waals surface area contributed by atoms with Gasteiger partial charge in [-0.2, -0.15) is 5.10 Å². The van der Waals surface area contributed by atoms with E-state index in [-0.39, 0.29) is 6.04 Å². The van der Waals surface area contributed by atoms with Gasteiger partial charge in [-0.1, -0.05) is 36.9 Å². The van der Waals surface area contributed by atoms with E-state index in [1.54, 1.807) is 10.8 Å². The molecular formula is C13H12FN3. The molecule has 0 bridgehead atoms. The molecule has 0 amide bonds. The Balaban J connectivity index is 2.06. The van der Waals surface area contributed by atoms with E-state index in [0.717, 1.165) is 5.56 Å². The van der Waals surface area contributed by atoms with Crippen LogP contribution in [0.1, 0.15) is 35.8 Å². The quantitative estimate of drug-likeness (QED) is 0.792. The first-order valence-electron chi connectivity index (χ1n) is 5.57. The number of nitrogens with zero attached hydrogens (tertiary/aromatic N) is 3. The van der Waals surface area contributed by atoms with E-state index in [2.05, 4.69) is 16.7 Å². The molecule has 0 unspecified atom stereocenters. The Bertz CT molecular complexity index is 547. The molecule has 4 heteroatoms. The fourth-order valence-corrected chi connectivity index (χ4v) is 2.24. The summed E-state index contributed by atoms with van der Waals surface area (Å²) in [5, 5.41) is 4.26. The van der Waals surface area contributed by atoms with Gasteiger partial charge in [-0.3, -0.25) is 0 Å². The van der Waals surface area contributed by atoms with E-state index in [9.17, 15) is 4.39 Å². The molecule has 1 aliphatic rings. The lowest BCUT2D eigenvalue weighted by Crippen LogP contribution is -2.07. The van der Waals surface area contributed by atoms with Gasteiger partial charge in [0.25, 0.3) is 0 Å². The molecule has 86 valence electrons. The van der Waals surface area contributed by atoms with Crippen molar-refractivity contribution in [2.45, 2.75) is 18.6 Å². The van der Waals surface area contributed by atoms with Crippen molar-refractivity contribution in [3.8, 4) is 0 Å². The predicted octanol–water partition coefficient (Wildman–Crippen LogP) is 2.92. The van der Waals surface area contributed by atoms with Crippen molar-refractivity contribution >= 4 is 6.08 Å². The largest absolute Gasteiger partial charge is 0.239 e. The first-order valence-corrected chi connectivity index (χ1v) is 5.57. The fraction of sp³-hybridized carbons (Fsp3) is 0.231. The van der Waals surface area contributed by atoms with Gasteiger partial charge in [0.05, 0.1) is 6.04 Å². The minimum absolute atomic E-state index is 0.0533. The monoisotopic (exact) mass is 229 g/mol. The normalized spacial score (nSPS) is 22.4. The third-order valence-corrected chi connectivity index (χ3v) is 3.05. The molecule has 0 saturated heterocycles. The maximum atomic E-state index is 13.8. The van der Waals surface area contributed by atoms with Crippen LogP contribution >= 0.6 is 0 Å². The van der Waals surface area contributed by atoms with Crippen LogP contribution < -0.4 is 0 Å². The maximum absolute atomic E-state index is 13.8. The number of alkyl halides is 1. The minimum atomic E-state index is -1.04. The van der Waals surface area contributed by atoms with Gasteiger partial charge < -0.3 is 0 Å². The van der Waals surface area contributed by atoms with Gasteiger partial charge in [0.2, 0.25) is 0 Å². The Kier molecular flexibility index (Phi) is 2.28. The molecule has 0 saturated carbocycles. The van der Waals surface area contributed by atoms with Gasteiger partial charge in [0, 0.05) is 6.42 Å². The van der Waals surface area contributed by atoms with Crippen molar-refractivity contribution in [2.24, 2.45) is 0 Å². The molecule has 2 aromatic rings. The van der Waals surface area contributed by atoms with Gasteiger partial charge in [0.15, 0.2) is 17.8 Å². The second-order valence-electron chi connectivity index (χ2n) is 4.11. The predicted molar refractivity (Wildman–Crippen MR) is 63.2 cm³/mol. The van der Waals surface area contributed by atoms with Crippen LogP contribution in [0.4, 0.5) is 4.39 Å². The minimum Gasteiger partial charge on any atom is -0.239 e. The zero-order chi connectivity index (χ0) is 11.8. The molecule has 2 atom stereocenters. The molecule has 0 radical (unpaired) electrons. The number of fused-ring (bicyclic) bond motifs is 1. The number of rotatable bonds is 2. The summed E-state index contributed by atoms with van der Waals surface area (Å²) in [4.78, 5) is 4.12. The average Bonchev–Trinajstić information content (AvgIpc) is 2.91. The Labute approximate surface area is 98.6 Å². The summed E-state index contributed by atoms with van der Waals surface area (Å²) < 4.78 is 15.5. The highest BCUT2D eigenvalue weighted by molar-refractivity contribution is 5.36. The summed E-state index contributed by atoms with van der Waals surface area (Å²) in [6.07, 6.45) is 0.915. The van der Waals surface area contributed by atoms with E-state index >= 15 is 0 Å². The van der Waals surface area contributed by atoms with Gasteiger partial charge in [-0.15, -0.1) is 0 Å². The lowest BCUT2D eigenvalue weighted by molar-refractivity contribution is 0.328. The number of halogens is 1. The van der Waals surface area contributed by atoms with E-state index in [1.807, 2.05) is 30.3 Å². The van der Waals surface area contributed by atoms with Gasteiger partial charge >= 0.3 is 0 Å². The Morgan fingerprint density at radius 2 is 2.12 bits per heavy atom. The van der Waals surface area contributed by atoms with Crippen LogP contribution in [-0.4, -0.2) is 14.8 Å². The average molecular weight is 229 g/mol. The molecule has 2 heterocycles. The second-order valence-corrected chi connectivity index (χ2v) is 4.11. The zero-order valence-corrected chi connectivity index (χ0v) is 9.25. The summed E-state index contributed by atoms with van der Waals surface area (Å²) in [5.41, 5.74) is 1.06. The van der Waals surface area contributed by atoms with Crippen LogP contribution in [0.2, 0.25) is 0 Å². The third kappa shape index (κ3) is 1.56. The van der Waals surface area contributed by atoms with E-state index in [1.165, 1.54) is 0 Å². The van der Waals surface area contributed by atoms with Crippen molar-refractivity contribution in [2.75, 3.05) is 0 Å². The topological polar surface area (TPSA) is 30.7 Å². The van der Waals surface area contributed by atoms with Crippen molar-refractivity contribution in [3.63, 3.8) is 0 Å². The highest BCUT2D eigenvalue weighted by Gasteiger charge is 2.34. The highest BCUT2D eigenvalue weighted by atomic mass is 19.1. The Hall–Kier alpha value is -1.97. The molecule has 17 heavy (non-hydrogen) atoms. The number of hydrogen-bond donors (Lipinski definition) is 0. The number of hydrogen-bond acceptors (Lipinski definition) is 2. The lowest BCUT2D eigenvalue weighted by Gasteiger charge is -2.10. The molecule has 3 rings (SSSR count). The van der Waals surface area contributed by atoms with Crippen molar-refractivity contribution in [1.29, 1.82) is 0 Å². The third-order valence-electron chi connectivity index (χ3n) is 3.05. The van der Waals surface area contributed by atoms with Crippen LogP contribution in [0.15, 0.2) is 36.9 Å². The van der Waals surface area contributed by atoms with Crippen LogP contribution in [0.25, 0.3) is 6.08 Å². The summed E-state index contributed by atoms with van der Waals surface area (Å²) in [7, 11) is 0. The second kappa shape index (κ2) is 3.80. The van der Waals surface area contributed by atoms with Crippen molar-refractivity contribution < 1.29 is 4.39 Å². The van der Waals surface area contributed by atoms with Gasteiger partial charge in [-0.25, -0.2) is 14.1 Å². The van der Waals surface area contributed by atoms with Crippen LogP contribution in [0, 0.1) is 0 Å². The van der Waals surface area contributed by atoms with Crippen molar-refractivity contribution in [1.82, 2.24) is 14.8 Å². The van der Waals surface area contributed by atoms with Gasteiger partial charge in [0.1, 0.15) is 0 Å². The van der Waals surface area contributed by atoms with Gasteiger partial charge in [-0.05, 0) is 11.6 Å². The molecular weight excluding hydrogens is 217 g/mol. The molecule has 3 nitrogen and oxygen atoms in total. The summed E-state index contributed by atoms with van der Waals surface area (Å²) >= 11 is 0. The first-order chi connectivity index (χ1) is 8.29. The maximum Gasteiger partial charge on any atom is 0.173 e. The number of aromatic nitrogens is 3. The Morgan fingerprint density at radius 1 is 1.35 bits per heavy atom. The Morgan fingerprint density at radius 3 is 2.82 bits per heavy atom. The molecule has 1 aromatic carbocycles. The standard InChI is InChI=1S/C13H12FN3/c1-2-12-15-13-10(14)8-11(17(13)16-12)9-6-4-3-5-7-9/h2-7,10-11H,1,8H2/t10-,11-/m0/s1. The van der Waals surface area contributed by atoms with E-state index in [4.69, 9.17) is 0 Å². The van der Waals surface area contributed by atoms with Crippen LogP contribution in [0.5, 0.6) is 0 Å². The fourth-order valence-electron chi connectivity index (χ4n) is 2.24. The summed E-state index contributed by atoms with van der Waals surface area (Å²) in [6.45, 7) is 3.61. The molecule has 0 spiro atoms.